The molecule has 10 atom stereocenters. The van der Waals surface area contributed by atoms with Gasteiger partial charge < -0.3 is 15.5 Å². The zero-order valence-corrected chi connectivity index (χ0v) is 22.7. The molecule has 0 radical (unpaired) electrons. The zero-order valence-electron chi connectivity index (χ0n) is 21.9. The highest BCUT2D eigenvalue weighted by Crippen LogP contribution is 2.69. The van der Waals surface area contributed by atoms with Gasteiger partial charge in [0.15, 0.2) is 0 Å². The molecule has 0 aliphatic heterocycles. The van der Waals surface area contributed by atoms with Gasteiger partial charge in [0.05, 0.1) is 12.2 Å². The van der Waals surface area contributed by atoms with Crippen LogP contribution in [0.4, 0.5) is 4.79 Å². The number of carbonyl (C=O) groups excluding carboxylic acids is 1. The lowest BCUT2D eigenvalue weighted by molar-refractivity contribution is -0.202. The Morgan fingerprint density at radius 1 is 1.00 bits per heavy atom. The third-order valence-corrected chi connectivity index (χ3v) is 12.1. The molecule has 4 aliphatic carbocycles. The first kappa shape index (κ1) is 27.1. The molecule has 2 amide bonds. The van der Waals surface area contributed by atoms with Gasteiger partial charge in [0.2, 0.25) is 0 Å². The number of hydrogen-bond donors (Lipinski definition) is 5. The Morgan fingerprint density at radius 3 is 2.37 bits per heavy atom. The Kier molecular flexibility index (Phi) is 7.84. The fourth-order valence-corrected chi connectivity index (χ4v) is 9.72. The van der Waals surface area contributed by atoms with Crippen molar-refractivity contribution in [1.29, 1.82) is 0 Å². The third kappa shape index (κ3) is 4.87. The van der Waals surface area contributed by atoms with Crippen molar-refractivity contribution in [2.24, 2.45) is 46.3 Å². The van der Waals surface area contributed by atoms with Crippen LogP contribution in [0, 0.1) is 46.3 Å². The molecule has 0 heterocycles. The smallest absolute Gasteiger partial charge is 0.329 e. The molecule has 8 nitrogen and oxygen atoms in total. The Labute approximate surface area is 211 Å². The molecular weight excluding hydrogens is 466 g/mol. The third-order valence-electron chi connectivity index (χ3n) is 11.1. The maximum Gasteiger partial charge on any atom is 0.329 e. The molecule has 0 unspecified atom stereocenters. The minimum atomic E-state index is -3.79. The molecule has 4 saturated carbocycles. The van der Waals surface area contributed by atoms with E-state index in [1.807, 2.05) is 4.72 Å². The van der Waals surface area contributed by atoms with Crippen LogP contribution in [-0.4, -0.2) is 50.5 Å². The SMILES string of the molecule is CC[C@H]1[C@@H](O)[C@@H]2[C@H](CC[C@]3(C)[C@@H](CCCNC(=O)NS(=O)(=O)NC)CC[C@@H]23)[C@@]2(C)CC[C@@H](O)C[C@@H]12. The highest BCUT2D eigenvalue weighted by atomic mass is 32.2. The quantitative estimate of drug-likeness (QED) is 0.334. The number of hydrogen-bond acceptors (Lipinski definition) is 5. The second kappa shape index (κ2) is 10.1. The van der Waals surface area contributed by atoms with E-state index >= 15 is 0 Å². The first-order chi connectivity index (χ1) is 16.5. The van der Waals surface area contributed by atoms with Crippen molar-refractivity contribution in [3.05, 3.63) is 0 Å². The molecule has 0 spiro atoms. The van der Waals surface area contributed by atoms with E-state index in [9.17, 15) is 23.4 Å². The van der Waals surface area contributed by atoms with Gasteiger partial charge in [-0.2, -0.15) is 8.42 Å². The molecule has 0 aromatic rings. The van der Waals surface area contributed by atoms with Gasteiger partial charge in [-0.1, -0.05) is 27.2 Å². The van der Waals surface area contributed by atoms with Gasteiger partial charge in [0.1, 0.15) is 0 Å². The Bertz CT molecular complexity index is 884. The Balaban J connectivity index is 1.41. The monoisotopic (exact) mass is 513 g/mol. The molecule has 0 aromatic carbocycles. The van der Waals surface area contributed by atoms with Crippen molar-refractivity contribution in [1.82, 2.24) is 14.8 Å². The van der Waals surface area contributed by atoms with E-state index in [0.29, 0.717) is 36.1 Å². The number of rotatable bonds is 7. The van der Waals surface area contributed by atoms with Crippen molar-refractivity contribution in [3.63, 3.8) is 0 Å². The van der Waals surface area contributed by atoms with E-state index in [2.05, 4.69) is 30.8 Å². The summed E-state index contributed by atoms with van der Waals surface area (Å²) < 4.78 is 26.9. The number of urea groups is 1. The molecule has 4 rings (SSSR count). The summed E-state index contributed by atoms with van der Waals surface area (Å²) in [4.78, 5) is 11.8. The van der Waals surface area contributed by atoms with Gasteiger partial charge in [-0.15, -0.1) is 0 Å². The van der Waals surface area contributed by atoms with Crippen LogP contribution in [0.25, 0.3) is 0 Å². The summed E-state index contributed by atoms with van der Waals surface area (Å²) >= 11 is 0. The summed E-state index contributed by atoms with van der Waals surface area (Å²) in [6.07, 6.45) is 9.77. The molecular formula is C26H47N3O5S. The van der Waals surface area contributed by atoms with Crippen molar-refractivity contribution < 1.29 is 23.4 Å². The summed E-state index contributed by atoms with van der Waals surface area (Å²) in [5, 5.41) is 24.9. The van der Waals surface area contributed by atoms with Crippen molar-refractivity contribution in [2.45, 2.75) is 97.2 Å². The molecule has 4 fully saturated rings. The fraction of sp³-hybridized carbons (Fsp3) is 0.962. The zero-order chi connectivity index (χ0) is 25.6. The number of nitrogens with one attached hydrogen (secondary N) is 3. The number of aliphatic hydroxyl groups excluding tert-OH is 2. The van der Waals surface area contributed by atoms with E-state index in [4.69, 9.17) is 0 Å². The van der Waals surface area contributed by atoms with E-state index in [0.717, 1.165) is 57.8 Å². The minimum absolute atomic E-state index is 0.204. The van der Waals surface area contributed by atoms with E-state index in [1.165, 1.54) is 13.5 Å². The standard InChI is InChI=1S/C26H47N3O5S/c1-5-18-21-15-17(30)10-12-26(21,3)20-11-13-25(2)16(8-9-19(25)22(20)23(18)31)7-6-14-28-24(32)29-35(33,34)27-4/h16-23,27,30-31H,5-15H2,1-4H3,(H2,28,29,32)/t16-,17+,18+,19-,20-,21-,22-,23+,25+,26+/m0/s1. The maximum atomic E-state index is 11.8. The van der Waals surface area contributed by atoms with Crippen LogP contribution in [0.2, 0.25) is 0 Å². The maximum absolute atomic E-state index is 11.8. The van der Waals surface area contributed by atoms with Gasteiger partial charge in [-0.25, -0.2) is 14.2 Å². The topological polar surface area (TPSA) is 128 Å². The van der Waals surface area contributed by atoms with Gasteiger partial charge in [-0.3, -0.25) is 0 Å². The van der Waals surface area contributed by atoms with Crippen LogP contribution in [0.5, 0.6) is 0 Å². The van der Waals surface area contributed by atoms with Gasteiger partial charge in [-0.05, 0) is 104 Å². The summed E-state index contributed by atoms with van der Waals surface area (Å²) in [5.41, 5.74) is 0.420. The number of carbonyl (C=O) groups is 1. The predicted octanol–water partition coefficient (Wildman–Crippen LogP) is 3.16. The van der Waals surface area contributed by atoms with E-state index in [1.54, 1.807) is 0 Å². The lowest BCUT2D eigenvalue weighted by Gasteiger charge is -2.64. The molecule has 9 heteroatoms. The molecule has 4 aliphatic rings. The van der Waals surface area contributed by atoms with Crippen LogP contribution in [0.3, 0.4) is 0 Å². The molecule has 0 saturated heterocycles. The van der Waals surface area contributed by atoms with Crippen LogP contribution in [0.15, 0.2) is 0 Å². The Hall–Kier alpha value is -0.900. The van der Waals surface area contributed by atoms with E-state index < -0.39 is 16.2 Å². The average Bonchev–Trinajstić information content (AvgIpc) is 3.14. The largest absolute Gasteiger partial charge is 0.393 e. The lowest BCUT2D eigenvalue weighted by atomic mass is 9.41. The normalized spacial score (nSPS) is 45.2. The minimum Gasteiger partial charge on any atom is -0.393 e. The first-order valence-corrected chi connectivity index (χ1v) is 15.3. The van der Waals surface area contributed by atoms with Crippen LogP contribution in [0.1, 0.15) is 85.0 Å². The van der Waals surface area contributed by atoms with E-state index in [-0.39, 0.29) is 29.0 Å². The molecule has 35 heavy (non-hydrogen) atoms. The highest BCUT2D eigenvalue weighted by Gasteiger charge is 2.64. The molecule has 202 valence electrons. The summed E-state index contributed by atoms with van der Waals surface area (Å²) in [5.74, 6) is 2.65. The average molecular weight is 514 g/mol. The van der Waals surface area contributed by atoms with Gasteiger partial charge >= 0.3 is 16.2 Å². The van der Waals surface area contributed by atoms with Crippen LogP contribution in [-0.2, 0) is 10.2 Å². The predicted molar refractivity (Wildman–Crippen MR) is 136 cm³/mol. The number of aliphatic hydroxyl groups is 2. The summed E-state index contributed by atoms with van der Waals surface area (Å²) in [6.45, 7) is 7.56. The van der Waals surface area contributed by atoms with Gasteiger partial charge in [0, 0.05) is 13.6 Å². The van der Waals surface area contributed by atoms with Gasteiger partial charge in [0.25, 0.3) is 0 Å². The second-order valence-corrected chi connectivity index (χ2v) is 14.0. The fourth-order valence-electron chi connectivity index (χ4n) is 9.30. The van der Waals surface area contributed by atoms with Crippen LogP contribution >= 0.6 is 0 Å². The van der Waals surface area contributed by atoms with Crippen molar-refractivity contribution >= 4 is 16.2 Å². The van der Waals surface area contributed by atoms with Crippen molar-refractivity contribution in [3.8, 4) is 0 Å². The lowest BCUT2D eigenvalue weighted by Crippen LogP contribution is -2.62. The number of amides is 2. The van der Waals surface area contributed by atoms with Crippen molar-refractivity contribution in [2.75, 3.05) is 13.6 Å². The summed E-state index contributed by atoms with van der Waals surface area (Å²) in [6, 6.07) is -0.702. The molecule has 0 bridgehead atoms. The molecule has 5 N–H and O–H groups in total. The van der Waals surface area contributed by atoms with Crippen LogP contribution < -0.4 is 14.8 Å². The second-order valence-electron chi connectivity index (χ2n) is 12.4. The highest BCUT2D eigenvalue weighted by molar-refractivity contribution is 7.88. The molecule has 0 aromatic heterocycles. The summed E-state index contributed by atoms with van der Waals surface area (Å²) in [7, 11) is -2.53. The Morgan fingerprint density at radius 2 is 1.69 bits per heavy atom. The number of fused-ring (bicyclic) bond motifs is 5. The first-order valence-electron chi connectivity index (χ1n) is 13.8.